The summed E-state index contributed by atoms with van der Waals surface area (Å²) in [6.07, 6.45) is -0.260. The van der Waals surface area contributed by atoms with Gasteiger partial charge in [0, 0.05) is 24.2 Å². The van der Waals surface area contributed by atoms with Gasteiger partial charge in [-0.2, -0.15) is 0 Å². The zero-order chi connectivity index (χ0) is 25.5. The summed E-state index contributed by atoms with van der Waals surface area (Å²) >= 11 is 6.24. The van der Waals surface area contributed by atoms with Crippen molar-refractivity contribution < 1.29 is 19.7 Å². The predicted molar refractivity (Wildman–Crippen MR) is 138 cm³/mol. The maximum absolute atomic E-state index is 12.8. The van der Waals surface area contributed by atoms with Gasteiger partial charge in [-0.05, 0) is 29.3 Å². The van der Waals surface area contributed by atoms with E-state index in [4.69, 9.17) is 16.3 Å². The number of aromatic nitrogens is 2. The lowest BCUT2D eigenvalue weighted by Gasteiger charge is -2.21. The summed E-state index contributed by atoms with van der Waals surface area (Å²) in [5.41, 5.74) is 2.55. The SMILES string of the molecule is CN(CC(O)c1cccc(O)c1)C(=O)Oc1cnc(NCc2ccccc2Cl)nc1-c1ccccc1. The Hall–Kier alpha value is -4.14. The van der Waals surface area contributed by atoms with E-state index in [1.54, 1.807) is 12.1 Å². The van der Waals surface area contributed by atoms with E-state index in [1.807, 2.05) is 54.6 Å². The highest BCUT2D eigenvalue weighted by Crippen LogP contribution is 2.29. The molecule has 0 aliphatic rings. The number of carbonyl (C=O) groups excluding carboxylic acids is 1. The summed E-state index contributed by atoms with van der Waals surface area (Å²) in [7, 11) is 1.51. The van der Waals surface area contributed by atoms with E-state index in [-0.39, 0.29) is 18.0 Å². The van der Waals surface area contributed by atoms with Crippen molar-refractivity contribution in [3.63, 3.8) is 0 Å². The number of benzene rings is 3. The molecule has 0 fully saturated rings. The van der Waals surface area contributed by atoms with Gasteiger partial charge < -0.3 is 25.2 Å². The summed E-state index contributed by atoms with van der Waals surface area (Å²) in [5, 5.41) is 23.9. The maximum Gasteiger partial charge on any atom is 0.415 e. The van der Waals surface area contributed by atoms with Gasteiger partial charge in [0.25, 0.3) is 0 Å². The number of likely N-dealkylation sites (N-methyl/N-ethyl adjacent to an activating group) is 1. The molecule has 1 atom stereocenters. The molecule has 184 valence electrons. The third kappa shape index (κ3) is 6.29. The first-order valence-corrected chi connectivity index (χ1v) is 11.6. The molecular formula is C27H25ClN4O4. The molecule has 4 rings (SSSR count). The second kappa shape index (κ2) is 11.5. The Bertz CT molecular complexity index is 1340. The number of aromatic hydroxyl groups is 1. The van der Waals surface area contributed by atoms with Gasteiger partial charge in [-0.25, -0.2) is 14.8 Å². The van der Waals surface area contributed by atoms with E-state index in [1.165, 1.54) is 30.3 Å². The first-order chi connectivity index (χ1) is 17.4. The number of aliphatic hydroxyl groups excluding tert-OH is 1. The van der Waals surface area contributed by atoms with E-state index in [0.717, 1.165) is 11.1 Å². The van der Waals surface area contributed by atoms with E-state index >= 15 is 0 Å². The molecule has 1 aromatic heterocycles. The molecule has 0 radical (unpaired) electrons. The number of carbonyl (C=O) groups is 1. The number of nitrogens with zero attached hydrogens (tertiary/aromatic N) is 3. The van der Waals surface area contributed by atoms with Crippen molar-refractivity contribution >= 4 is 23.6 Å². The molecule has 8 nitrogen and oxygen atoms in total. The maximum atomic E-state index is 12.8. The summed E-state index contributed by atoms with van der Waals surface area (Å²) in [5.74, 6) is 0.555. The quantitative estimate of drug-likeness (QED) is 0.299. The van der Waals surface area contributed by atoms with Gasteiger partial charge in [0.05, 0.1) is 18.8 Å². The van der Waals surface area contributed by atoms with Crippen LogP contribution in [0.15, 0.2) is 85.1 Å². The molecule has 0 spiro atoms. The fourth-order valence-electron chi connectivity index (χ4n) is 3.49. The number of hydrogen-bond donors (Lipinski definition) is 3. The monoisotopic (exact) mass is 504 g/mol. The zero-order valence-electron chi connectivity index (χ0n) is 19.5. The first-order valence-electron chi connectivity index (χ1n) is 11.2. The van der Waals surface area contributed by atoms with Gasteiger partial charge in [0.1, 0.15) is 11.4 Å². The van der Waals surface area contributed by atoms with Crippen molar-refractivity contribution in [2.45, 2.75) is 12.6 Å². The molecule has 9 heteroatoms. The standard InChI is InChI=1S/C27H25ClN4O4/c1-32(17-23(34)19-11-7-12-21(33)14-19)27(35)36-24-16-30-26(29-15-20-10-5-6-13-22(20)28)31-25(24)18-8-3-2-4-9-18/h2-14,16,23,33-34H,15,17H2,1H3,(H,29,30,31). The highest BCUT2D eigenvalue weighted by Gasteiger charge is 2.20. The number of phenols is 1. The third-order valence-electron chi connectivity index (χ3n) is 5.41. The van der Waals surface area contributed by atoms with Gasteiger partial charge in [-0.1, -0.05) is 72.3 Å². The largest absolute Gasteiger partial charge is 0.508 e. The molecule has 4 aromatic rings. The van der Waals surface area contributed by atoms with Gasteiger partial charge in [0.15, 0.2) is 5.75 Å². The van der Waals surface area contributed by atoms with Crippen LogP contribution >= 0.6 is 11.6 Å². The topological polar surface area (TPSA) is 108 Å². The number of nitrogens with one attached hydrogen (secondary N) is 1. The molecule has 36 heavy (non-hydrogen) atoms. The van der Waals surface area contributed by atoms with Crippen molar-refractivity contribution in [1.29, 1.82) is 0 Å². The normalized spacial score (nSPS) is 11.5. The average Bonchev–Trinajstić information content (AvgIpc) is 2.89. The van der Waals surface area contributed by atoms with Crippen LogP contribution in [0, 0.1) is 0 Å². The molecule has 0 saturated heterocycles. The van der Waals surface area contributed by atoms with Crippen LogP contribution < -0.4 is 10.1 Å². The van der Waals surface area contributed by atoms with Gasteiger partial charge in [-0.15, -0.1) is 0 Å². The molecule has 1 heterocycles. The number of hydrogen-bond acceptors (Lipinski definition) is 7. The van der Waals surface area contributed by atoms with Crippen molar-refractivity contribution in [3.8, 4) is 22.8 Å². The number of ether oxygens (including phenoxy) is 1. The highest BCUT2D eigenvalue weighted by molar-refractivity contribution is 6.31. The molecule has 0 aliphatic heterocycles. The highest BCUT2D eigenvalue weighted by atomic mass is 35.5. The summed E-state index contributed by atoms with van der Waals surface area (Å²) in [4.78, 5) is 22.9. The van der Waals surface area contributed by atoms with Crippen LogP contribution in [0.3, 0.4) is 0 Å². The predicted octanol–water partition coefficient (Wildman–Crippen LogP) is 5.28. The van der Waals surface area contributed by atoms with Crippen LogP contribution in [-0.2, 0) is 6.54 Å². The Morgan fingerprint density at radius 2 is 1.83 bits per heavy atom. The smallest absolute Gasteiger partial charge is 0.415 e. The van der Waals surface area contributed by atoms with E-state index in [9.17, 15) is 15.0 Å². The Morgan fingerprint density at radius 3 is 2.58 bits per heavy atom. The van der Waals surface area contributed by atoms with Crippen LogP contribution in [0.5, 0.6) is 11.5 Å². The Labute approximate surface area is 213 Å². The van der Waals surface area contributed by atoms with Gasteiger partial charge in [-0.3, -0.25) is 0 Å². The number of aliphatic hydroxyl groups is 1. The number of rotatable bonds is 8. The van der Waals surface area contributed by atoms with Crippen molar-refractivity contribution in [1.82, 2.24) is 14.9 Å². The van der Waals surface area contributed by atoms with Crippen molar-refractivity contribution in [2.24, 2.45) is 0 Å². The lowest BCUT2D eigenvalue weighted by Crippen LogP contribution is -2.33. The Morgan fingerprint density at radius 1 is 1.08 bits per heavy atom. The van der Waals surface area contributed by atoms with Crippen LogP contribution in [0.2, 0.25) is 5.02 Å². The Kier molecular flexibility index (Phi) is 7.99. The minimum atomic E-state index is -1.00. The molecular weight excluding hydrogens is 480 g/mol. The molecule has 0 aliphatic carbocycles. The number of amides is 1. The first kappa shape index (κ1) is 25.0. The summed E-state index contributed by atoms with van der Waals surface area (Å²) < 4.78 is 5.61. The molecule has 3 N–H and O–H groups in total. The average molecular weight is 505 g/mol. The minimum absolute atomic E-state index is 0.0321. The van der Waals surface area contributed by atoms with E-state index < -0.39 is 12.2 Å². The fraction of sp³-hybridized carbons (Fsp3) is 0.148. The molecule has 0 bridgehead atoms. The van der Waals surface area contributed by atoms with Crippen LogP contribution in [0.4, 0.5) is 10.7 Å². The molecule has 1 amide bonds. The van der Waals surface area contributed by atoms with Crippen LogP contribution in [-0.4, -0.2) is 44.8 Å². The Balaban J connectivity index is 1.51. The molecule has 3 aromatic carbocycles. The van der Waals surface area contributed by atoms with Gasteiger partial charge in [0.2, 0.25) is 5.95 Å². The van der Waals surface area contributed by atoms with Crippen LogP contribution in [0.1, 0.15) is 17.2 Å². The fourth-order valence-corrected chi connectivity index (χ4v) is 3.70. The number of anilines is 1. The van der Waals surface area contributed by atoms with Crippen molar-refractivity contribution in [2.75, 3.05) is 18.9 Å². The second-order valence-electron chi connectivity index (χ2n) is 8.08. The van der Waals surface area contributed by atoms with E-state index in [2.05, 4.69) is 15.3 Å². The number of halogens is 1. The molecule has 0 saturated carbocycles. The molecule has 1 unspecified atom stereocenters. The summed E-state index contributed by atoms with van der Waals surface area (Å²) in [6.45, 7) is 0.379. The second-order valence-corrected chi connectivity index (χ2v) is 8.48. The van der Waals surface area contributed by atoms with Crippen LogP contribution in [0.25, 0.3) is 11.3 Å². The van der Waals surface area contributed by atoms with Crippen molar-refractivity contribution in [3.05, 3.63) is 101 Å². The summed E-state index contributed by atoms with van der Waals surface area (Å²) in [6, 6.07) is 23.0. The minimum Gasteiger partial charge on any atom is -0.508 e. The zero-order valence-corrected chi connectivity index (χ0v) is 20.3. The third-order valence-corrected chi connectivity index (χ3v) is 5.78. The van der Waals surface area contributed by atoms with Gasteiger partial charge >= 0.3 is 6.09 Å². The van der Waals surface area contributed by atoms with E-state index in [0.29, 0.717) is 28.8 Å². The number of phenolic OH excluding ortho intramolecular Hbond substituents is 1. The lowest BCUT2D eigenvalue weighted by atomic mass is 10.1. The lowest BCUT2D eigenvalue weighted by molar-refractivity contribution is 0.112.